The highest BCUT2D eigenvalue weighted by Gasteiger charge is 2.10. The minimum atomic E-state index is 0.0778. The van der Waals surface area contributed by atoms with Crippen LogP contribution in [0.15, 0.2) is 16.9 Å². The second kappa shape index (κ2) is 6.13. The van der Waals surface area contributed by atoms with Crippen LogP contribution in [0.4, 0.5) is 0 Å². The van der Waals surface area contributed by atoms with E-state index < -0.39 is 0 Å². The summed E-state index contributed by atoms with van der Waals surface area (Å²) < 4.78 is 5.50. The number of thiazole rings is 1. The van der Waals surface area contributed by atoms with Crippen molar-refractivity contribution in [1.29, 1.82) is 0 Å². The number of hydrogen-bond donors (Lipinski definition) is 1. The molecule has 1 N–H and O–H groups in total. The molecule has 2 rings (SSSR count). The van der Waals surface area contributed by atoms with Crippen molar-refractivity contribution >= 4 is 23.1 Å². The molecule has 5 nitrogen and oxygen atoms in total. The second-order valence-electron chi connectivity index (χ2n) is 3.35. The maximum atomic E-state index is 5.50. The summed E-state index contributed by atoms with van der Waals surface area (Å²) in [5.74, 6) is 0.796. The third kappa shape index (κ3) is 3.52. The highest BCUT2D eigenvalue weighted by atomic mass is 32.2. The third-order valence-electron chi connectivity index (χ3n) is 2.08. The molecule has 17 heavy (non-hydrogen) atoms. The van der Waals surface area contributed by atoms with Gasteiger partial charge in [0.1, 0.15) is 17.4 Å². The van der Waals surface area contributed by atoms with E-state index in [1.807, 2.05) is 13.8 Å². The number of aromatic nitrogens is 4. The van der Waals surface area contributed by atoms with Crippen LogP contribution in [0.2, 0.25) is 0 Å². The van der Waals surface area contributed by atoms with Crippen LogP contribution < -0.4 is 0 Å². The van der Waals surface area contributed by atoms with Gasteiger partial charge in [-0.2, -0.15) is 5.10 Å². The molecular formula is C10H14N4OS2. The minimum Gasteiger partial charge on any atom is -0.372 e. The molecule has 7 heteroatoms. The van der Waals surface area contributed by atoms with Crippen LogP contribution in [-0.2, 0) is 10.5 Å². The number of hydrogen-bond acceptors (Lipinski definition) is 6. The first-order valence-corrected chi connectivity index (χ1v) is 7.20. The molecule has 0 saturated heterocycles. The highest BCUT2D eigenvalue weighted by molar-refractivity contribution is 7.98. The monoisotopic (exact) mass is 270 g/mol. The first kappa shape index (κ1) is 12.5. The number of thioether (sulfide) groups is 1. The van der Waals surface area contributed by atoms with E-state index in [-0.39, 0.29) is 6.10 Å². The smallest absolute Gasteiger partial charge is 0.183 e. The third-order valence-corrected chi connectivity index (χ3v) is 4.05. The number of aromatic amines is 1. The molecule has 92 valence electrons. The van der Waals surface area contributed by atoms with Crippen LogP contribution in [0.25, 0.3) is 0 Å². The van der Waals surface area contributed by atoms with E-state index in [0.717, 1.165) is 21.6 Å². The van der Waals surface area contributed by atoms with Gasteiger partial charge in [0, 0.05) is 17.7 Å². The molecule has 2 heterocycles. The zero-order valence-corrected chi connectivity index (χ0v) is 11.3. The van der Waals surface area contributed by atoms with Gasteiger partial charge in [0.05, 0.1) is 5.69 Å². The Kier molecular flexibility index (Phi) is 4.52. The van der Waals surface area contributed by atoms with E-state index in [1.165, 1.54) is 6.33 Å². The van der Waals surface area contributed by atoms with Gasteiger partial charge in [0.25, 0.3) is 0 Å². The van der Waals surface area contributed by atoms with Gasteiger partial charge in [-0.15, -0.1) is 11.3 Å². The SMILES string of the molecule is CCO[C@H](C)c1nc(CSc2ncn[nH]2)cs1. The number of nitrogens with zero attached hydrogens (tertiary/aromatic N) is 3. The Morgan fingerprint density at radius 1 is 1.59 bits per heavy atom. The molecule has 0 fully saturated rings. The minimum absolute atomic E-state index is 0.0778. The lowest BCUT2D eigenvalue weighted by Crippen LogP contribution is -1.98. The lowest BCUT2D eigenvalue weighted by atomic mass is 10.4. The summed E-state index contributed by atoms with van der Waals surface area (Å²) in [6, 6.07) is 0. The van der Waals surface area contributed by atoms with Crippen molar-refractivity contribution in [2.75, 3.05) is 6.61 Å². The fourth-order valence-electron chi connectivity index (χ4n) is 1.30. The van der Waals surface area contributed by atoms with Gasteiger partial charge in [-0.25, -0.2) is 9.97 Å². The van der Waals surface area contributed by atoms with E-state index in [4.69, 9.17) is 4.74 Å². The maximum Gasteiger partial charge on any atom is 0.183 e. The summed E-state index contributed by atoms with van der Waals surface area (Å²) in [7, 11) is 0. The van der Waals surface area contributed by atoms with Crippen LogP contribution >= 0.6 is 23.1 Å². The van der Waals surface area contributed by atoms with Crippen molar-refractivity contribution in [1.82, 2.24) is 20.2 Å². The lowest BCUT2D eigenvalue weighted by Gasteiger charge is -2.06. The van der Waals surface area contributed by atoms with E-state index in [1.54, 1.807) is 23.1 Å². The number of nitrogens with one attached hydrogen (secondary N) is 1. The predicted octanol–water partition coefficient (Wildman–Crippen LogP) is 2.65. The van der Waals surface area contributed by atoms with Crippen LogP contribution in [0, 0.1) is 0 Å². The summed E-state index contributed by atoms with van der Waals surface area (Å²) in [6.45, 7) is 4.73. The van der Waals surface area contributed by atoms with Gasteiger partial charge in [-0.3, -0.25) is 5.10 Å². The standard InChI is InChI=1S/C10H14N4OS2/c1-3-15-7(2)9-13-8(4-16-9)5-17-10-11-6-12-14-10/h4,6-7H,3,5H2,1-2H3,(H,11,12,14)/t7-/m1/s1. The van der Waals surface area contributed by atoms with Gasteiger partial charge in [0.2, 0.25) is 0 Å². The quantitative estimate of drug-likeness (QED) is 0.818. The molecule has 1 atom stereocenters. The summed E-state index contributed by atoms with van der Waals surface area (Å²) in [5.41, 5.74) is 1.05. The molecule has 0 aliphatic carbocycles. The average Bonchev–Trinajstić information content (AvgIpc) is 2.98. The largest absolute Gasteiger partial charge is 0.372 e. The lowest BCUT2D eigenvalue weighted by molar-refractivity contribution is 0.0761. The van der Waals surface area contributed by atoms with Crippen molar-refractivity contribution in [3.63, 3.8) is 0 Å². The Balaban J connectivity index is 1.89. The van der Waals surface area contributed by atoms with E-state index in [9.17, 15) is 0 Å². The topological polar surface area (TPSA) is 63.7 Å². The molecule has 0 aliphatic rings. The molecule has 0 saturated carbocycles. The molecule has 0 radical (unpaired) electrons. The summed E-state index contributed by atoms with van der Waals surface area (Å²) >= 11 is 3.23. The summed E-state index contributed by atoms with van der Waals surface area (Å²) in [5, 5.41) is 10.5. The van der Waals surface area contributed by atoms with Gasteiger partial charge in [-0.05, 0) is 13.8 Å². The fourth-order valence-corrected chi connectivity index (χ4v) is 2.90. The van der Waals surface area contributed by atoms with Crippen molar-refractivity contribution in [2.24, 2.45) is 0 Å². The Hall–Kier alpha value is -0.920. The second-order valence-corrected chi connectivity index (χ2v) is 5.21. The number of H-pyrrole nitrogens is 1. The van der Waals surface area contributed by atoms with Crippen molar-refractivity contribution in [3.05, 3.63) is 22.4 Å². The zero-order chi connectivity index (χ0) is 12.1. The van der Waals surface area contributed by atoms with Crippen LogP contribution in [0.1, 0.15) is 30.7 Å². The van der Waals surface area contributed by atoms with Crippen LogP contribution in [0.5, 0.6) is 0 Å². The molecular weight excluding hydrogens is 256 g/mol. The Morgan fingerprint density at radius 2 is 2.47 bits per heavy atom. The van der Waals surface area contributed by atoms with Crippen molar-refractivity contribution < 1.29 is 4.74 Å². The van der Waals surface area contributed by atoms with Gasteiger partial charge in [0.15, 0.2) is 5.16 Å². The Bertz CT molecular complexity index is 443. The van der Waals surface area contributed by atoms with Gasteiger partial charge >= 0.3 is 0 Å². The van der Waals surface area contributed by atoms with Gasteiger partial charge < -0.3 is 4.74 Å². The molecule has 0 bridgehead atoms. The fraction of sp³-hybridized carbons (Fsp3) is 0.500. The first-order valence-electron chi connectivity index (χ1n) is 5.33. The Morgan fingerprint density at radius 3 is 3.18 bits per heavy atom. The molecule has 0 amide bonds. The average molecular weight is 270 g/mol. The predicted molar refractivity (Wildman–Crippen MR) is 68.1 cm³/mol. The molecule has 0 aromatic carbocycles. The normalized spacial score (nSPS) is 12.8. The van der Waals surface area contributed by atoms with Crippen molar-refractivity contribution in [3.8, 4) is 0 Å². The molecule has 2 aromatic rings. The van der Waals surface area contributed by atoms with Crippen LogP contribution in [-0.4, -0.2) is 26.8 Å². The van der Waals surface area contributed by atoms with E-state index >= 15 is 0 Å². The number of rotatable bonds is 6. The van der Waals surface area contributed by atoms with E-state index in [2.05, 4.69) is 25.5 Å². The maximum absolute atomic E-state index is 5.50. The van der Waals surface area contributed by atoms with E-state index in [0.29, 0.717) is 6.61 Å². The molecule has 0 aliphatic heterocycles. The molecule has 0 unspecified atom stereocenters. The zero-order valence-electron chi connectivity index (χ0n) is 9.71. The Labute approximate surface area is 108 Å². The highest BCUT2D eigenvalue weighted by Crippen LogP contribution is 2.24. The van der Waals surface area contributed by atoms with Gasteiger partial charge in [-0.1, -0.05) is 11.8 Å². The molecule has 0 spiro atoms. The number of ether oxygens (including phenoxy) is 1. The summed E-state index contributed by atoms with van der Waals surface area (Å²) in [4.78, 5) is 8.59. The molecule has 2 aromatic heterocycles. The van der Waals surface area contributed by atoms with Crippen molar-refractivity contribution in [2.45, 2.75) is 30.9 Å². The first-order chi connectivity index (χ1) is 8.29. The van der Waals surface area contributed by atoms with Crippen LogP contribution in [0.3, 0.4) is 0 Å². The summed E-state index contributed by atoms with van der Waals surface area (Å²) in [6.07, 6.45) is 1.58.